The summed E-state index contributed by atoms with van der Waals surface area (Å²) in [5, 5.41) is 11.6. The lowest BCUT2D eigenvalue weighted by atomic mass is 10.0. The third-order valence-electron chi connectivity index (χ3n) is 7.92. The number of amides is 2. The Labute approximate surface area is 236 Å². The summed E-state index contributed by atoms with van der Waals surface area (Å²) in [6, 6.07) is 27.5. The van der Waals surface area contributed by atoms with Gasteiger partial charge in [0.1, 0.15) is 0 Å². The van der Waals surface area contributed by atoms with E-state index in [9.17, 15) is 14.9 Å². The lowest BCUT2D eigenvalue weighted by Crippen LogP contribution is -2.31. The number of hydrogen-bond acceptors (Lipinski definition) is 4. The maximum absolute atomic E-state index is 14.1. The second-order valence-electron chi connectivity index (χ2n) is 10.5. The standard InChI is InChI=1S/C35H24N4O2/c1-20-15-21(2)33(22(3)16-20)39-34(40)26-8-6-10-31(32(26)35(39)41)38-29-9-5-4-7-25(29)27-17-23(11-12-30(27)38)28-19-37-14-13-24(28)18-36/h4-17,19H,1-3H3. The van der Waals surface area contributed by atoms with Crippen LogP contribution in [-0.2, 0) is 0 Å². The zero-order valence-electron chi connectivity index (χ0n) is 22.8. The van der Waals surface area contributed by atoms with E-state index in [0.29, 0.717) is 28.1 Å². The molecule has 0 spiro atoms. The van der Waals surface area contributed by atoms with Crippen molar-refractivity contribution >= 4 is 39.3 Å². The number of aryl methyl sites for hydroxylation is 3. The third-order valence-corrected chi connectivity index (χ3v) is 7.92. The van der Waals surface area contributed by atoms with Crippen molar-refractivity contribution in [3.8, 4) is 22.9 Å². The van der Waals surface area contributed by atoms with Crippen LogP contribution in [0.25, 0.3) is 38.6 Å². The van der Waals surface area contributed by atoms with Gasteiger partial charge in [-0.15, -0.1) is 0 Å². The average Bonchev–Trinajstić information content (AvgIpc) is 3.44. The Hall–Kier alpha value is -5.54. The lowest BCUT2D eigenvalue weighted by Gasteiger charge is -2.20. The van der Waals surface area contributed by atoms with Gasteiger partial charge in [-0.3, -0.25) is 14.6 Å². The molecule has 4 aromatic carbocycles. The summed E-state index contributed by atoms with van der Waals surface area (Å²) >= 11 is 0. The minimum absolute atomic E-state index is 0.314. The smallest absolute Gasteiger partial charge is 0.268 e. The molecular weight excluding hydrogens is 508 g/mol. The number of carbonyl (C=O) groups is 2. The summed E-state index contributed by atoms with van der Waals surface area (Å²) < 4.78 is 2.06. The van der Waals surface area contributed by atoms with E-state index in [2.05, 4.69) is 21.7 Å². The largest absolute Gasteiger partial charge is 0.308 e. The highest BCUT2D eigenvalue weighted by Crippen LogP contribution is 2.40. The highest BCUT2D eigenvalue weighted by Gasteiger charge is 2.40. The first-order valence-corrected chi connectivity index (χ1v) is 13.4. The molecule has 6 aromatic rings. The molecule has 6 nitrogen and oxygen atoms in total. The third kappa shape index (κ3) is 3.53. The van der Waals surface area contributed by atoms with E-state index in [1.807, 2.05) is 81.4 Å². The summed E-state index contributed by atoms with van der Waals surface area (Å²) in [7, 11) is 0. The predicted molar refractivity (Wildman–Crippen MR) is 161 cm³/mol. The number of aromatic nitrogens is 2. The van der Waals surface area contributed by atoms with Crippen LogP contribution in [0, 0.1) is 32.1 Å². The molecule has 0 atom stereocenters. The van der Waals surface area contributed by atoms with E-state index < -0.39 is 0 Å². The molecule has 7 rings (SSSR count). The zero-order chi connectivity index (χ0) is 28.4. The molecule has 6 heteroatoms. The van der Waals surface area contributed by atoms with Gasteiger partial charge in [0.2, 0.25) is 0 Å². The summed E-state index contributed by atoms with van der Waals surface area (Å²) in [6.45, 7) is 5.88. The summed E-state index contributed by atoms with van der Waals surface area (Å²) in [6.07, 6.45) is 3.32. The van der Waals surface area contributed by atoms with Gasteiger partial charge in [0.15, 0.2) is 0 Å². The fraction of sp³-hybridized carbons (Fsp3) is 0.0857. The quantitative estimate of drug-likeness (QED) is 0.222. The number of hydrogen-bond donors (Lipinski definition) is 0. The van der Waals surface area contributed by atoms with Crippen LogP contribution in [0.15, 0.2) is 91.3 Å². The minimum Gasteiger partial charge on any atom is -0.308 e. The van der Waals surface area contributed by atoms with Crippen LogP contribution >= 0.6 is 0 Å². The summed E-state index contributed by atoms with van der Waals surface area (Å²) in [5.41, 5.74) is 8.94. The van der Waals surface area contributed by atoms with Gasteiger partial charge in [-0.2, -0.15) is 5.26 Å². The van der Waals surface area contributed by atoms with Crippen molar-refractivity contribution in [1.29, 1.82) is 5.26 Å². The predicted octanol–water partition coefficient (Wildman–Crippen LogP) is 7.44. The van der Waals surface area contributed by atoms with E-state index in [-0.39, 0.29) is 11.8 Å². The van der Waals surface area contributed by atoms with E-state index in [1.54, 1.807) is 24.5 Å². The Bertz CT molecular complexity index is 2130. The molecule has 2 aromatic heterocycles. The topological polar surface area (TPSA) is 79.0 Å². The van der Waals surface area contributed by atoms with Crippen molar-refractivity contribution < 1.29 is 9.59 Å². The Morgan fingerprint density at radius 3 is 2.29 bits per heavy atom. The van der Waals surface area contributed by atoms with Gasteiger partial charge in [-0.05, 0) is 73.9 Å². The Morgan fingerprint density at radius 2 is 1.51 bits per heavy atom. The van der Waals surface area contributed by atoms with Gasteiger partial charge in [0.25, 0.3) is 11.8 Å². The fourth-order valence-corrected chi connectivity index (χ4v) is 6.30. The molecule has 0 saturated carbocycles. The van der Waals surface area contributed by atoms with Crippen LogP contribution in [0.4, 0.5) is 5.69 Å². The van der Waals surface area contributed by atoms with Gasteiger partial charge >= 0.3 is 0 Å². The number of para-hydroxylation sites is 1. The zero-order valence-corrected chi connectivity index (χ0v) is 22.8. The molecule has 0 aliphatic carbocycles. The Balaban J connectivity index is 1.47. The number of rotatable bonds is 3. The first-order chi connectivity index (χ1) is 19.9. The van der Waals surface area contributed by atoms with Gasteiger partial charge in [-0.1, -0.05) is 48.0 Å². The molecule has 0 fully saturated rings. The number of benzene rings is 4. The molecule has 0 saturated heterocycles. The van der Waals surface area contributed by atoms with Crippen molar-refractivity contribution in [1.82, 2.24) is 9.55 Å². The Kier molecular flexibility index (Phi) is 5.38. The number of carbonyl (C=O) groups excluding carboxylic acids is 2. The molecule has 2 amide bonds. The van der Waals surface area contributed by atoms with Gasteiger partial charge in [-0.25, -0.2) is 4.90 Å². The van der Waals surface area contributed by atoms with Crippen LogP contribution < -0.4 is 4.90 Å². The maximum atomic E-state index is 14.1. The van der Waals surface area contributed by atoms with Gasteiger partial charge in [0, 0.05) is 28.7 Å². The highest BCUT2D eigenvalue weighted by molar-refractivity contribution is 6.36. The van der Waals surface area contributed by atoms with E-state index in [0.717, 1.165) is 49.6 Å². The van der Waals surface area contributed by atoms with Crippen LogP contribution in [0.1, 0.15) is 43.0 Å². The van der Waals surface area contributed by atoms with Gasteiger partial charge < -0.3 is 4.57 Å². The van der Waals surface area contributed by atoms with Crippen molar-refractivity contribution in [2.24, 2.45) is 0 Å². The number of pyridine rings is 1. The minimum atomic E-state index is -0.327. The normalized spacial score (nSPS) is 12.8. The first kappa shape index (κ1) is 24.5. The second-order valence-corrected chi connectivity index (χ2v) is 10.5. The van der Waals surface area contributed by atoms with Crippen molar-refractivity contribution in [2.45, 2.75) is 20.8 Å². The highest BCUT2D eigenvalue weighted by atomic mass is 16.2. The lowest BCUT2D eigenvalue weighted by molar-refractivity contribution is 0.0925. The molecule has 1 aliphatic heterocycles. The number of imide groups is 1. The maximum Gasteiger partial charge on any atom is 0.268 e. The van der Waals surface area contributed by atoms with Crippen LogP contribution in [0.3, 0.4) is 0 Å². The molecular formula is C35H24N4O2. The molecule has 0 N–H and O–H groups in total. The van der Waals surface area contributed by atoms with Crippen molar-refractivity contribution in [3.63, 3.8) is 0 Å². The molecule has 3 heterocycles. The molecule has 0 unspecified atom stereocenters. The number of nitrogens with zero attached hydrogens (tertiary/aromatic N) is 4. The van der Waals surface area contributed by atoms with E-state index in [1.165, 1.54) is 4.90 Å². The molecule has 196 valence electrons. The fourth-order valence-electron chi connectivity index (χ4n) is 6.30. The van der Waals surface area contributed by atoms with E-state index in [4.69, 9.17) is 0 Å². The summed E-state index contributed by atoms with van der Waals surface area (Å²) in [4.78, 5) is 33.5. The summed E-state index contributed by atoms with van der Waals surface area (Å²) in [5.74, 6) is -0.641. The van der Waals surface area contributed by atoms with Crippen LogP contribution in [0.5, 0.6) is 0 Å². The van der Waals surface area contributed by atoms with Crippen molar-refractivity contribution in [2.75, 3.05) is 4.90 Å². The Morgan fingerprint density at radius 1 is 0.756 bits per heavy atom. The van der Waals surface area contributed by atoms with Gasteiger partial charge in [0.05, 0.1) is 45.2 Å². The molecule has 41 heavy (non-hydrogen) atoms. The van der Waals surface area contributed by atoms with Crippen molar-refractivity contribution in [3.05, 3.63) is 125 Å². The van der Waals surface area contributed by atoms with E-state index >= 15 is 0 Å². The number of fused-ring (bicyclic) bond motifs is 4. The molecule has 1 aliphatic rings. The average molecular weight is 533 g/mol. The monoisotopic (exact) mass is 532 g/mol. The molecule has 0 bridgehead atoms. The SMILES string of the molecule is Cc1cc(C)c(N2C(=O)c3cccc(-n4c5ccccc5c5cc(-c6cnccc6C#N)ccc54)c3C2=O)c(C)c1. The second kappa shape index (κ2) is 9.00. The van der Waals surface area contributed by atoms with Crippen LogP contribution in [0.2, 0.25) is 0 Å². The number of nitriles is 1. The molecule has 0 radical (unpaired) electrons. The van der Waals surface area contributed by atoms with Crippen LogP contribution in [-0.4, -0.2) is 21.4 Å². The first-order valence-electron chi connectivity index (χ1n) is 13.4. The number of anilines is 1.